The van der Waals surface area contributed by atoms with Gasteiger partial charge in [0.1, 0.15) is 17.0 Å². The van der Waals surface area contributed by atoms with Crippen LogP contribution in [0.5, 0.6) is 5.75 Å². The Labute approximate surface area is 200 Å². The number of nitrogens with one attached hydrogen (secondary N) is 1. The molecule has 0 fully saturated rings. The Hall–Kier alpha value is -5.16. The molecule has 0 aliphatic rings. The van der Waals surface area contributed by atoms with E-state index in [1.807, 2.05) is 72.9 Å². The van der Waals surface area contributed by atoms with E-state index in [9.17, 15) is 4.79 Å². The van der Waals surface area contributed by atoms with Crippen LogP contribution < -0.4 is 10.2 Å². The number of aromatic nitrogens is 2. The average molecular weight is 461 g/mol. The number of amides is 1. The molecule has 8 heteroatoms. The Bertz CT molecular complexity index is 1510. The summed E-state index contributed by atoms with van der Waals surface area (Å²) in [6.45, 7) is -0.219. The van der Waals surface area contributed by atoms with Crippen molar-refractivity contribution in [2.45, 2.75) is 0 Å². The number of carbonyl (C=O) groups is 1. The summed E-state index contributed by atoms with van der Waals surface area (Å²) < 4.78 is 13.2. The zero-order chi connectivity index (χ0) is 24.0. The van der Waals surface area contributed by atoms with Gasteiger partial charge in [-0.05, 0) is 48.5 Å². The van der Waals surface area contributed by atoms with Crippen molar-refractivity contribution < 1.29 is 13.9 Å². The van der Waals surface area contributed by atoms with Crippen molar-refractivity contribution >= 4 is 23.1 Å². The molecule has 3 aromatic carbocycles. The van der Waals surface area contributed by atoms with Gasteiger partial charge in [-0.3, -0.25) is 4.79 Å². The van der Waals surface area contributed by atoms with E-state index in [2.05, 4.69) is 10.5 Å². The number of para-hydroxylation sites is 2. The van der Waals surface area contributed by atoms with Crippen LogP contribution in [0.4, 0.5) is 0 Å². The first-order valence-electron chi connectivity index (χ1n) is 10.8. The van der Waals surface area contributed by atoms with Gasteiger partial charge in [-0.1, -0.05) is 36.4 Å². The van der Waals surface area contributed by atoms with Crippen molar-refractivity contribution in [3.05, 3.63) is 102 Å². The van der Waals surface area contributed by atoms with Gasteiger partial charge >= 0.3 is 0 Å². The molecule has 0 bridgehead atoms. The standard InChI is InChI=1S/C27H19N5O3/c28-15-19-10-12-23(13-11-19)34-18-26(33)30-29-16-21-17-32(22-7-2-1-3-8-22)31-27(21)25-14-20-6-4-5-9-24(20)35-25/h1-14,16-17H,18H2,(H,30,33). The second kappa shape index (κ2) is 9.77. The third kappa shape index (κ3) is 4.94. The molecule has 8 nitrogen and oxygen atoms in total. The highest BCUT2D eigenvalue weighted by Crippen LogP contribution is 2.29. The summed E-state index contributed by atoms with van der Waals surface area (Å²) in [5.41, 5.74) is 5.88. The summed E-state index contributed by atoms with van der Waals surface area (Å²) in [5, 5.41) is 18.6. The summed E-state index contributed by atoms with van der Waals surface area (Å²) in [4.78, 5) is 12.2. The monoisotopic (exact) mass is 461 g/mol. The van der Waals surface area contributed by atoms with E-state index in [4.69, 9.17) is 19.5 Å². The Morgan fingerprint density at radius 3 is 2.63 bits per heavy atom. The molecule has 0 spiro atoms. The largest absolute Gasteiger partial charge is 0.484 e. The molecule has 0 aliphatic carbocycles. The van der Waals surface area contributed by atoms with Crippen molar-refractivity contribution in [3.8, 4) is 29.0 Å². The Morgan fingerprint density at radius 2 is 1.86 bits per heavy atom. The van der Waals surface area contributed by atoms with Gasteiger partial charge < -0.3 is 9.15 Å². The molecule has 1 amide bonds. The van der Waals surface area contributed by atoms with Crippen molar-refractivity contribution in [1.82, 2.24) is 15.2 Å². The molecule has 0 aliphatic heterocycles. The van der Waals surface area contributed by atoms with Crippen LogP contribution in [0, 0.1) is 11.3 Å². The van der Waals surface area contributed by atoms with Crippen LogP contribution in [0.25, 0.3) is 28.1 Å². The molecule has 0 radical (unpaired) electrons. The van der Waals surface area contributed by atoms with E-state index in [1.165, 1.54) is 6.21 Å². The predicted molar refractivity (Wildman–Crippen MR) is 131 cm³/mol. The van der Waals surface area contributed by atoms with Crippen LogP contribution in [0.2, 0.25) is 0 Å². The van der Waals surface area contributed by atoms with Gasteiger partial charge in [0.25, 0.3) is 5.91 Å². The van der Waals surface area contributed by atoms with Crippen LogP contribution in [-0.4, -0.2) is 28.5 Å². The molecular formula is C27H19N5O3. The fraction of sp³-hybridized carbons (Fsp3) is 0.0370. The van der Waals surface area contributed by atoms with Crippen LogP contribution >= 0.6 is 0 Å². The van der Waals surface area contributed by atoms with Crippen molar-refractivity contribution in [2.75, 3.05) is 6.61 Å². The third-order valence-electron chi connectivity index (χ3n) is 5.17. The first kappa shape index (κ1) is 21.7. The maximum absolute atomic E-state index is 12.2. The highest BCUT2D eigenvalue weighted by atomic mass is 16.5. The van der Waals surface area contributed by atoms with Crippen molar-refractivity contribution in [2.24, 2.45) is 5.10 Å². The van der Waals surface area contributed by atoms with Crippen molar-refractivity contribution in [1.29, 1.82) is 5.26 Å². The lowest BCUT2D eigenvalue weighted by molar-refractivity contribution is -0.123. The smallest absolute Gasteiger partial charge is 0.277 e. The minimum Gasteiger partial charge on any atom is -0.484 e. The van der Waals surface area contributed by atoms with E-state index >= 15 is 0 Å². The Kier molecular flexibility index (Phi) is 6.05. The first-order valence-corrected chi connectivity index (χ1v) is 10.8. The second-order valence-corrected chi connectivity index (χ2v) is 7.58. The quantitative estimate of drug-likeness (QED) is 0.280. The molecule has 2 aromatic heterocycles. The summed E-state index contributed by atoms with van der Waals surface area (Å²) in [6.07, 6.45) is 3.34. The van der Waals surface area contributed by atoms with Gasteiger partial charge in [-0.15, -0.1) is 0 Å². The van der Waals surface area contributed by atoms with Crippen LogP contribution in [0.15, 0.2) is 101 Å². The molecule has 1 N–H and O–H groups in total. The second-order valence-electron chi connectivity index (χ2n) is 7.58. The fourth-order valence-corrected chi connectivity index (χ4v) is 3.47. The zero-order valence-electron chi connectivity index (χ0n) is 18.5. The SMILES string of the molecule is N#Cc1ccc(OCC(=O)NN=Cc2cn(-c3ccccc3)nc2-c2cc3ccccc3o2)cc1. The number of nitrogens with zero attached hydrogens (tertiary/aromatic N) is 4. The molecule has 35 heavy (non-hydrogen) atoms. The lowest BCUT2D eigenvalue weighted by atomic mass is 10.2. The molecule has 5 rings (SSSR count). The van der Waals surface area contributed by atoms with Gasteiger partial charge in [0.05, 0.1) is 23.5 Å². The van der Waals surface area contributed by atoms with Gasteiger partial charge in [0, 0.05) is 17.1 Å². The molecule has 170 valence electrons. The third-order valence-corrected chi connectivity index (χ3v) is 5.17. The molecule has 0 saturated heterocycles. The van der Waals surface area contributed by atoms with Crippen LogP contribution in [-0.2, 0) is 4.79 Å². The number of hydrazone groups is 1. The van der Waals surface area contributed by atoms with E-state index in [0.29, 0.717) is 28.3 Å². The Morgan fingerprint density at radius 1 is 1.09 bits per heavy atom. The number of nitriles is 1. The van der Waals surface area contributed by atoms with Gasteiger partial charge in [-0.25, -0.2) is 10.1 Å². The maximum Gasteiger partial charge on any atom is 0.277 e. The molecule has 0 saturated carbocycles. The average Bonchev–Trinajstić information content (AvgIpc) is 3.52. The number of rotatable bonds is 7. The number of ether oxygens (including phenoxy) is 1. The van der Waals surface area contributed by atoms with Gasteiger partial charge in [0.15, 0.2) is 12.4 Å². The van der Waals surface area contributed by atoms with E-state index in [-0.39, 0.29) is 6.61 Å². The summed E-state index contributed by atoms with van der Waals surface area (Å²) >= 11 is 0. The molecular weight excluding hydrogens is 442 g/mol. The highest BCUT2D eigenvalue weighted by molar-refractivity contribution is 5.91. The molecule has 0 atom stereocenters. The number of benzene rings is 3. The van der Waals surface area contributed by atoms with Gasteiger partial charge in [0.2, 0.25) is 0 Å². The number of carbonyl (C=O) groups excluding carboxylic acids is 1. The summed E-state index contributed by atoms with van der Waals surface area (Å²) in [7, 11) is 0. The lowest BCUT2D eigenvalue weighted by Gasteiger charge is -2.04. The normalized spacial score (nSPS) is 10.9. The molecule has 2 heterocycles. The number of hydrogen-bond acceptors (Lipinski definition) is 6. The number of hydrogen-bond donors (Lipinski definition) is 1. The Balaban J connectivity index is 1.34. The highest BCUT2D eigenvalue weighted by Gasteiger charge is 2.15. The summed E-state index contributed by atoms with van der Waals surface area (Å²) in [6, 6.07) is 27.9. The minimum atomic E-state index is -0.425. The van der Waals surface area contributed by atoms with Crippen molar-refractivity contribution in [3.63, 3.8) is 0 Å². The number of furan rings is 1. The number of fused-ring (bicyclic) bond motifs is 1. The van der Waals surface area contributed by atoms with E-state index in [1.54, 1.807) is 28.9 Å². The zero-order valence-corrected chi connectivity index (χ0v) is 18.5. The predicted octanol–water partition coefficient (Wildman–Crippen LogP) is 4.69. The fourth-order valence-electron chi connectivity index (χ4n) is 3.47. The van der Waals surface area contributed by atoms with Crippen LogP contribution in [0.3, 0.4) is 0 Å². The molecule has 0 unspecified atom stereocenters. The van der Waals surface area contributed by atoms with E-state index in [0.717, 1.165) is 16.7 Å². The first-order chi connectivity index (χ1) is 17.2. The van der Waals surface area contributed by atoms with Crippen LogP contribution in [0.1, 0.15) is 11.1 Å². The minimum absolute atomic E-state index is 0.219. The molecule has 5 aromatic rings. The van der Waals surface area contributed by atoms with E-state index < -0.39 is 5.91 Å². The summed E-state index contributed by atoms with van der Waals surface area (Å²) in [5.74, 6) is 0.656. The lowest BCUT2D eigenvalue weighted by Crippen LogP contribution is -2.24. The van der Waals surface area contributed by atoms with Gasteiger partial charge in [-0.2, -0.15) is 15.5 Å². The maximum atomic E-state index is 12.2. The topological polar surface area (TPSA) is 105 Å².